The van der Waals surface area contributed by atoms with Gasteiger partial charge in [0.1, 0.15) is 0 Å². The minimum atomic E-state index is 0.197. The summed E-state index contributed by atoms with van der Waals surface area (Å²) in [5, 5.41) is 0.197. The van der Waals surface area contributed by atoms with Crippen molar-refractivity contribution >= 4 is 16.9 Å². The molecule has 1 aromatic rings. The highest BCUT2D eigenvalue weighted by molar-refractivity contribution is 8.13. The Hall–Kier alpha value is -0.700. The van der Waals surface area contributed by atoms with Crippen molar-refractivity contribution in [1.82, 2.24) is 4.57 Å². The Bertz CT molecular complexity index is 284. The number of aromatic nitrogens is 1. The molecule has 0 saturated carbocycles. The molecule has 0 aliphatic carbocycles. The van der Waals surface area contributed by atoms with Gasteiger partial charge in [0.2, 0.25) is 0 Å². The molecule has 0 amide bonds. The number of rotatable bonds is 3. The second kappa shape index (κ2) is 4.51. The van der Waals surface area contributed by atoms with Gasteiger partial charge in [0.25, 0.3) is 0 Å². The molecule has 0 unspecified atom stereocenters. The van der Waals surface area contributed by atoms with Crippen LogP contribution in [-0.4, -0.2) is 15.4 Å². The molecule has 1 rings (SSSR count). The molecule has 0 fully saturated rings. The fourth-order valence-corrected chi connectivity index (χ4v) is 1.89. The first-order chi connectivity index (χ1) is 6.11. The van der Waals surface area contributed by atoms with Gasteiger partial charge in [0.05, 0.1) is 0 Å². The van der Waals surface area contributed by atoms with Crippen LogP contribution in [0.2, 0.25) is 0 Å². The molecule has 0 aliphatic rings. The normalized spacial score (nSPS) is 10.4. The second-order valence-corrected chi connectivity index (χ2v) is 4.38. The first kappa shape index (κ1) is 10.4. The van der Waals surface area contributed by atoms with Crippen molar-refractivity contribution in [3.63, 3.8) is 0 Å². The van der Waals surface area contributed by atoms with Crippen LogP contribution < -0.4 is 0 Å². The molecular formula is C10H15NOS. The van der Waals surface area contributed by atoms with Crippen LogP contribution in [0.1, 0.15) is 18.3 Å². The number of hydrogen-bond donors (Lipinski definition) is 0. The van der Waals surface area contributed by atoms with E-state index in [0.717, 1.165) is 12.3 Å². The number of nitrogens with zero attached hydrogens (tertiary/aromatic N) is 1. The van der Waals surface area contributed by atoms with E-state index in [0.29, 0.717) is 0 Å². The van der Waals surface area contributed by atoms with E-state index in [4.69, 9.17) is 0 Å². The zero-order valence-corrected chi connectivity index (χ0v) is 9.15. The van der Waals surface area contributed by atoms with E-state index in [2.05, 4.69) is 30.5 Å². The first-order valence-electron chi connectivity index (χ1n) is 4.37. The average Bonchev–Trinajstić information content (AvgIpc) is 2.34. The quantitative estimate of drug-likeness (QED) is 0.742. The maximum absolute atomic E-state index is 10.7. The maximum atomic E-state index is 10.7. The lowest BCUT2D eigenvalue weighted by molar-refractivity contribution is -0.109. The van der Waals surface area contributed by atoms with Crippen LogP contribution in [0.5, 0.6) is 0 Å². The molecule has 1 heterocycles. The number of carbonyl (C=O) groups is 1. The molecule has 72 valence electrons. The molecule has 13 heavy (non-hydrogen) atoms. The van der Waals surface area contributed by atoms with Crippen molar-refractivity contribution in [1.29, 1.82) is 0 Å². The minimum absolute atomic E-state index is 0.197. The van der Waals surface area contributed by atoms with Crippen molar-refractivity contribution in [2.24, 2.45) is 0 Å². The Kier molecular flexibility index (Phi) is 3.60. The smallest absolute Gasteiger partial charge is 0.185 e. The highest BCUT2D eigenvalue weighted by atomic mass is 32.2. The first-order valence-corrected chi connectivity index (χ1v) is 5.36. The van der Waals surface area contributed by atoms with E-state index in [-0.39, 0.29) is 5.12 Å². The molecule has 1 aromatic heterocycles. The van der Waals surface area contributed by atoms with E-state index in [1.54, 1.807) is 6.92 Å². The molecule has 0 bridgehead atoms. The van der Waals surface area contributed by atoms with Gasteiger partial charge in [-0.3, -0.25) is 4.79 Å². The zero-order valence-electron chi connectivity index (χ0n) is 8.33. The van der Waals surface area contributed by atoms with Crippen molar-refractivity contribution in [3.05, 3.63) is 23.5 Å². The van der Waals surface area contributed by atoms with Crippen LogP contribution >= 0.6 is 11.8 Å². The number of carbonyl (C=O) groups excluding carboxylic acids is 1. The largest absolute Gasteiger partial charge is 0.348 e. The van der Waals surface area contributed by atoms with Gasteiger partial charge in [-0.1, -0.05) is 11.8 Å². The van der Waals surface area contributed by atoms with Crippen molar-refractivity contribution in [2.45, 2.75) is 27.3 Å². The van der Waals surface area contributed by atoms with E-state index < -0.39 is 0 Å². The Balaban J connectivity index is 2.49. The lowest BCUT2D eigenvalue weighted by Crippen LogP contribution is -2.05. The van der Waals surface area contributed by atoms with Crippen molar-refractivity contribution < 1.29 is 4.79 Å². The summed E-state index contributed by atoms with van der Waals surface area (Å²) in [5.74, 6) is 0.867. The standard InChI is InChI=1S/C10H15NOS/c1-8-4-5-9(2)11(8)6-7-13-10(3)12/h4-5H,6-7H2,1-3H3. The van der Waals surface area contributed by atoms with Gasteiger partial charge in [-0.25, -0.2) is 0 Å². The molecule has 0 aliphatic heterocycles. The summed E-state index contributed by atoms with van der Waals surface area (Å²) in [6.07, 6.45) is 0. The van der Waals surface area contributed by atoms with Gasteiger partial charge < -0.3 is 4.57 Å². The summed E-state index contributed by atoms with van der Waals surface area (Å²) in [6.45, 7) is 6.71. The average molecular weight is 197 g/mol. The van der Waals surface area contributed by atoms with Gasteiger partial charge in [-0.15, -0.1) is 0 Å². The van der Waals surface area contributed by atoms with E-state index in [1.165, 1.54) is 23.1 Å². The van der Waals surface area contributed by atoms with Crippen LogP contribution in [0.25, 0.3) is 0 Å². The Labute approximate surface area is 83.3 Å². The number of thioether (sulfide) groups is 1. The SMILES string of the molecule is CC(=O)SCCn1c(C)ccc1C. The molecule has 0 N–H and O–H groups in total. The zero-order chi connectivity index (χ0) is 9.84. The molecule has 0 aromatic carbocycles. The van der Waals surface area contributed by atoms with Gasteiger partial charge in [-0.2, -0.15) is 0 Å². The van der Waals surface area contributed by atoms with Crippen LogP contribution in [0.15, 0.2) is 12.1 Å². The molecule has 0 atom stereocenters. The highest BCUT2D eigenvalue weighted by Crippen LogP contribution is 2.09. The minimum Gasteiger partial charge on any atom is -0.348 e. The summed E-state index contributed by atoms with van der Waals surface area (Å²) in [7, 11) is 0. The second-order valence-electron chi connectivity index (χ2n) is 3.11. The van der Waals surface area contributed by atoms with E-state index in [9.17, 15) is 4.79 Å². The highest BCUT2D eigenvalue weighted by Gasteiger charge is 2.01. The maximum Gasteiger partial charge on any atom is 0.185 e. The summed E-state index contributed by atoms with van der Waals surface area (Å²) in [4.78, 5) is 10.7. The van der Waals surface area contributed by atoms with Crippen LogP contribution in [0, 0.1) is 13.8 Å². The topological polar surface area (TPSA) is 22.0 Å². The molecule has 0 spiro atoms. The van der Waals surface area contributed by atoms with Gasteiger partial charge in [-0.05, 0) is 26.0 Å². The lowest BCUT2D eigenvalue weighted by Gasteiger charge is -2.07. The lowest BCUT2D eigenvalue weighted by atomic mass is 10.5. The van der Waals surface area contributed by atoms with E-state index >= 15 is 0 Å². The summed E-state index contributed by atoms with van der Waals surface area (Å²) in [6, 6.07) is 4.21. The molecule has 0 radical (unpaired) electrons. The van der Waals surface area contributed by atoms with Crippen molar-refractivity contribution in [3.8, 4) is 0 Å². The molecule has 2 nitrogen and oxygen atoms in total. The summed E-state index contributed by atoms with van der Waals surface area (Å²) >= 11 is 1.39. The predicted octanol–water partition coefficient (Wildman–Crippen LogP) is 2.38. The summed E-state index contributed by atoms with van der Waals surface area (Å²) < 4.78 is 2.23. The number of hydrogen-bond acceptors (Lipinski definition) is 2. The van der Waals surface area contributed by atoms with Crippen LogP contribution in [-0.2, 0) is 11.3 Å². The molecule has 0 saturated heterocycles. The van der Waals surface area contributed by atoms with Gasteiger partial charge >= 0.3 is 0 Å². The fourth-order valence-electron chi connectivity index (χ4n) is 1.33. The molecule has 3 heteroatoms. The van der Waals surface area contributed by atoms with Crippen LogP contribution in [0.4, 0.5) is 0 Å². The Morgan fingerprint density at radius 1 is 1.38 bits per heavy atom. The molecular weight excluding hydrogens is 182 g/mol. The fraction of sp³-hybridized carbons (Fsp3) is 0.500. The third-order valence-corrected chi connectivity index (χ3v) is 2.83. The van der Waals surface area contributed by atoms with Gasteiger partial charge in [0.15, 0.2) is 5.12 Å². The van der Waals surface area contributed by atoms with Crippen molar-refractivity contribution in [2.75, 3.05) is 5.75 Å². The number of aryl methyl sites for hydroxylation is 2. The van der Waals surface area contributed by atoms with Crippen LogP contribution in [0.3, 0.4) is 0 Å². The monoisotopic (exact) mass is 197 g/mol. The van der Waals surface area contributed by atoms with E-state index in [1.807, 2.05) is 0 Å². The third kappa shape index (κ3) is 2.92. The summed E-state index contributed by atoms with van der Waals surface area (Å²) in [5.41, 5.74) is 2.53. The third-order valence-electron chi connectivity index (χ3n) is 2.04. The van der Waals surface area contributed by atoms with Gasteiger partial charge in [0, 0.05) is 30.6 Å². The Morgan fingerprint density at radius 2 is 1.92 bits per heavy atom. The predicted molar refractivity (Wildman–Crippen MR) is 57.0 cm³/mol. The Morgan fingerprint density at radius 3 is 2.38 bits per heavy atom.